The van der Waals surface area contributed by atoms with Gasteiger partial charge in [-0.1, -0.05) is 49.4 Å². The smallest absolute Gasteiger partial charge is 0.155 e. The van der Waals surface area contributed by atoms with Gasteiger partial charge in [-0.05, 0) is 51.4 Å². The van der Waals surface area contributed by atoms with Crippen molar-refractivity contribution < 1.29 is 4.79 Å². The summed E-state index contributed by atoms with van der Waals surface area (Å²) in [6, 6.07) is 19.1. The summed E-state index contributed by atoms with van der Waals surface area (Å²) in [5.74, 6) is 0.156. The van der Waals surface area contributed by atoms with Gasteiger partial charge in [-0.3, -0.25) is 4.79 Å². The van der Waals surface area contributed by atoms with Crippen LogP contribution in [-0.2, 0) is 4.79 Å². The van der Waals surface area contributed by atoms with Gasteiger partial charge in [0.05, 0.1) is 0 Å². The molecule has 0 bridgehead atoms. The Balaban J connectivity index is 2.08. The summed E-state index contributed by atoms with van der Waals surface area (Å²) in [5, 5.41) is 4.92. The molecule has 0 N–H and O–H groups in total. The summed E-state index contributed by atoms with van der Waals surface area (Å²) in [6.07, 6.45) is 4.09. The lowest BCUT2D eigenvalue weighted by molar-refractivity contribution is -0.114. The molecule has 0 unspecified atom stereocenters. The third kappa shape index (κ3) is 2.48. The maximum Gasteiger partial charge on any atom is 0.155 e. The first kappa shape index (κ1) is 12.6. The van der Waals surface area contributed by atoms with Crippen molar-refractivity contribution in [3.63, 3.8) is 0 Å². The van der Waals surface area contributed by atoms with E-state index in [-0.39, 0.29) is 5.78 Å². The van der Waals surface area contributed by atoms with Crippen LogP contribution in [0.5, 0.6) is 0 Å². The largest absolute Gasteiger partial charge is 0.295 e. The lowest BCUT2D eigenvalue weighted by Gasteiger charge is -2.03. The average Bonchev–Trinajstić information content (AvgIpc) is 2.50. The van der Waals surface area contributed by atoms with Crippen LogP contribution in [-0.4, -0.2) is 5.78 Å². The van der Waals surface area contributed by atoms with Crippen LogP contribution in [0.2, 0.25) is 0 Å². The fourth-order valence-corrected chi connectivity index (χ4v) is 2.37. The Hall–Kier alpha value is -2.41. The molecule has 98 valence electrons. The summed E-state index contributed by atoms with van der Waals surface area (Å²) in [5.41, 5.74) is 1.06. The van der Waals surface area contributed by atoms with Crippen molar-refractivity contribution in [2.45, 2.75) is 13.3 Å². The van der Waals surface area contributed by atoms with Gasteiger partial charge in [0.2, 0.25) is 0 Å². The molecule has 3 rings (SSSR count). The molecule has 0 aliphatic rings. The molecule has 0 spiro atoms. The minimum Gasteiger partial charge on any atom is -0.295 e. The number of benzene rings is 3. The van der Waals surface area contributed by atoms with Crippen molar-refractivity contribution in [3.8, 4) is 0 Å². The molecule has 0 amide bonds. The quantitative estimate of drug-likeness (QED) is 0.479. The first-order chi connectivity index (χ1) is 9.76. The average molecular weight is 260 g/mol. The van der Waals surface area contributed by atoms with Gasteiger partial charge in [0.25, 0.3) is 0 Å². The topological polar surface area (TPSA) is 17.1 Å². The zero-order chi connectivity index (χ0) is 13.9. The lowest BCUT2D eigenvalue weighted by Crippen LogP contribution is -1.86. The Morgan fingerprint density at radius 1 is 0.900 bits per heavy atom. The number of hydrogen-bond donors (Lipinski definition) is 0. The predicted octanol–water partition coefficient (Wildman–Crippen LogP) is 4.99. The van der Waals surface area contributed by atoms with E-state index in [0.717, 1.165) is 5.56 Å². The van der Waals surface area contributed by atoms with E-state index >= 15 is 0 Å². The van der Waals surface area contributed by atoms with Gasteiger partial charge in [0.15, 0.2) is 5.78 Å². The molecular weight excluding hydrogens is 244 g/mol. The summed E-state index contributed by atoms with van der Waals surface area (Å²) in [4.78, 5) is 11.3. The van der Waals surface area contributed by atoms with Gasteiger partial charge in [-0.2, -0.15) is 0 Å². The van der Waals surface area contributed by atoms with Crippen LogP contribution in [0.15, 0.2) is 60.7 Å². The number of fused-ring (bicyclic) bond motifs is 2. The van der Waals surface area contributed by atoms with Crippen molar-refractivity contribution in [2.24, 2.45) is 0 Å². The van der Waals surface area contributed by atoms with Gasteiger partial charge in [-0.25, -0.2) is 0 Å². The van der Waals surface area contributed by atoms with Crippen LogP contribution < -0.4 is 0 Å². The molecule has 3 aromatic carbocycles. The molecule has 1 nitrogen and oxygen atoms in total. The lowest BCUT2D eigenvalue weighted by atomic mass is 10.0. The second kappa shape index (κ2) is 5.30. The SMILES string of the molecule is CCC(=O)/C=C/c1ccc2cc3ccccc3cc2c1. The minimum absolute atomic E-state index is 0.156. The Morgan fingerprint density at radius 2 is 1.55 bits per heavy atom. The van der Waals surface area contributed by atoms with Crippen LogP contribution in [0.25, 0.3) is 27.6 Å². The minimum atomic E-state index is 0.156. The van der Waals surface area contributed by atoms with Crippen molar-refractivity contribution in [1.82, 2.24) is 0 Å². The highest BCUT2D eigenvalue weighted by atomic mass is 16.1. The van der Waals surface area contributed by atoms with Gasteiger partial charge in [-0.15, -0.1) is 0 Å². The number of carbonyl (C=O) groups excluding carboxylic acids is 1. The van der Waals surface area contributed by atoms with Gasteiger partial charge in [0.1, 0.15) is 0 Å². The Labute approximate surface area is 118 Å². The van der Waals surface area contributed by atoms with Crippen molar-refractivity contribution >= 4 is 33.4 Å². The molecule has 0 fully saturated rings. The Kier molecular flexibility index (Phi) is 3.34. The number of ketones is 1. The number of carbonyl (C=O) groups is 1. The van der Waals surface area contributed by atoms with Crippen LogP contribution >= 0.6 is 0 Å². The Bertz CT molecular complexity index is 812. The third-order valence-electron chi connectivity index (χ3n) is 3.54. The van der Waals surface area contributed by atoms with Gasteiger partial charge < -0.3 is 0 Å². The van der Waals surface area contributed by atoms with E-state index in [2.05, 4.69) is 54.6 Å². The molecule has 3 aromatic rings. The third-order valence-corrected chi connectivity index (χ3v) is 3.54. The molecule has 0 radical (unpaired) electrons. The fourth-order valence-electron chi connectivity index (χ4n) is 2.37. The maximum atomic E-state index is 11.3. The molecule has 0 saturated carbocycles. The van der Waals surface area contributed by atoms with E-state index in [1.165, 1.54) is 21.5 Å². The Morgan fingerprint density at radius 3 is 2.25 bits per heavy atom. The summed E-state index contributed by atoms with van der Waals surface area (Å²) in [6.45, 7) is 1.87. The summed E-state index contributed by atoms with van der Waals surface area (Å²) >= 11 is 0. The second-order valence-corrected chi connectivity index (χ2v) is 4.96. The number of rotatable bonds is 3. The molecular formula is C19H16O. The van der Waals surface area contributed by atoms with Crippen LogP contribution in [0.1, 0.15) is 18.9 Å². The van der Waals surface area contributed by atoms with Crippen LogP contribution in [0.4, 0.5) is 0 Å². The molecule has 0 aromatic heterocycles. The summed E-state index contributed by atoms with van der Waals surface area (Å²) in [7, 11) is 0. The van der Waals surface area contributed by atoms with E-state index in [1.807, 2.05) is 13.0 Å². The van der Waals surface area contributed by atoms with Gasteiger partial charge in [0, 0.05) is 6.42 Å². The highest BCUT2D eigenvalue weighted by molar-refractivity contribution is 5.99. The second-order valence-electron chi connectivity index (χ2n) is 4.96. The molecule has 0 aliphatic heterocycles. The van der Waals surface area contributed by atoms with Crippen LogP contribution in [0, 0.1) is 0 Å². The number of allylic oxidation sites excluding steroid dienone is 1. The van der Waals surface area contributed by atoms with E-state index in [0.29, 0.717) is 6.42 Å². The van der Waals surface area contributed by atoms with E-state index < -0.39 is 0 Å². The van der Waals surface area contributed by atoms with E-state index in [4.69, 9.17) is 0 Å². The summed E-state index contributed by atoms with van der Waals surface area (Å²) < 4.78 is 0. The zero-order valence-electron chi connectivity index (χ0n) is 11.5. The van der Waals surface area contributed by atoms with Crippen molar-refractivity contribution in [2.75, 3.05) is 0 Å². The molecule has 0 heterocycles. The number of hydrogen-bond acceptors (Lipinski definition) is 1. The molecule has 0 atom stereocenters. The maximum absolute atomic E-state index is 11.3. The van der Waals surface area contributed by atoms with Gasteiger partial charge >= 0.3 is 0 Å². The molecule has 0 aliphatic carbocycles. The van der Waals surface area contributed by atoms with E-state index in [9.17, 15) is 4.79 Å². The zero-order valence-corrected chi connectivity index (χ0v) is 11.5. The van der Waals surface area contributed by atoms with E-state index in [1.54, 1.807) is 6.08 Å². The van der Waals surface area contributed by atoms with Crippen molar-refractivity contribution in [1.29, 1.82) is 0 Å². The highest BCUT2D eigenvalue weighted by Gasteiger charge is 1.99. The first-order valence-electron chi connectivity index (χ1n) is 6.90. The standard InChI is InChI=1S/C19H16O/c1-2-19(20)10-8-14-7-9-17-12-15-5-3-4-6-16(15)13-18(17)11-14/h3-13H,2H2,1H3/b10-8+. The monoisotopic (exact) mass is 260 g/mol. The molecule has 20 heavy (non-hydrogen) atoms. The molecule has 0 saturated heterocycles. The predicted molar refractivity (Wildman–Crippen MR) is 85.8 cm³/mol. The van der Waals surface area contributed by atoms with Crippen molar-refractivity contribution in [3.05, 3.63) is 66.2 Å². The fraction of sp³-hybridized carbons (Fsp3) is 0.105. The highest BCUT2D eigenvalue weighted by Crippen LogP contribution is 2.24. The molecule has 1 heteroatoms. The van der Waals surface area contributed by atoms with Crippen LogP contribution in [0.3, 0.4) is 0 Å². The normalized spacial score (nSPS) is 11.4. The first-order valence-corrected chi connectivity index (χ1v) is 6.90.